The molecule has 1 atom stereocenters. The van der Waals surface area contributed by atoms with E-state index in [2.05, 4.69) is 0 Å². The highest BCUT2D eigenvalue weighted by atomic mass is 35.5. The molecule has 1 fully saturated rings. The number of thioether (sulfide) groups is 1. The molecule has 1 aliphatic rings. The summed E-state index contributed by atoms with van der Waals surface area (Å²) in [5, 5.41) is 10.3. The van der Waals surface area contributed by atoms with Gasteiger partial charge < -0.3 is 14.4 Å². The highest BCUT2D eigenvalue weighted by Crippen LogP contribution is 2.26. The third kappa shape index (κ3) is 3.08. The maximum Gasteiger partial charge on any atom is 0.305 e. The summed E-state index contributed by atoms with van der Waals surface area (Å²) in [6.07, 6.45) is -0.0508. The fourth-order valence-corrected chi connectivity index (χ4v) is 3.80. The number of aliphatic carboxylic acids is 1. The van der Waals surface area contributed by atoms with Crippen LogP contribution in [-0.4, -0.2) is 46.0 Å². The molecular formula is C15H14ClNO4S. The van der Waals surface area contributed by atoms with Crippen molar-refractivity contribution in [3.8, 4) is 0 Å². The number of furan rings is 1. The molecule has 5 nitrogen and oxygen atoms in total. The maximum atomic E-state index is 12.6. The molecule has 3 rings (SSSR count). The Bertz CT molecular complexity index is 729. The molecule has 22 heavy (non-hydrogen) atoms. The Morgan fingerprint density at radius 3 is 3.00 bits per heavy atom. The van der Waals surface area contributed by atoms with Crippen molar-refractivity contribution in [3.63, 3.8) is 0 Å². The van der Waals surface area contributed by atoms with Crippen LogP contribution in [0, 0.1) is 0 Å². The number of carbonyl (C=O) groups excluding carboxylic acids is 1. The number of rotatable bonds is 3. The van der Waals surface area contributed by atoms with Crippen LogP contribution in [-0.2, 0) is 4.79 Å². The molecule has 7 heteroatoms. The van der Waals surface area contributed by atoms with Gasteiger partial charge in [-0.2, -0.15) is 11.8 Å². The second kappa shape index (κ2) is 6.22. The standard InChI is InChI=1S/C15H14ClNO4S/c16-10-1-2-12-9(5-10)6-13(21-12)15(20)17-3-4-22-8-11(17)7-14(18)19/h1-2,5-6,11H,3-4,7-8H2,(H,18,19). The van der Waals surface area contributed by atoms with Crippen LogP contribution in [0.4, 0.5) is 0 Å². The van der Waals surface area contributed by atoms with Gasteiger partial charge in [0.05, 0.1) is 12.5 Å². The van der Waals surface area contributed by atoms with Crippen LogP contribution in [0.3, 0.4) is 0 Å². The van der Waals surface area contributed by atoms with Gasteiger partial charge in [-0.15, -0.1) is 0 Å². The van der Waals surface area contributed by atoms with E-state index in [1.807, 2.05) is 0 Å². The molecule has 1 unspecified atom stereocenters. The van der Waals surface area contributed by atoms with E-state index in [-0.39, 0.29) is 24.1 Å². The van der Waals surface area contributed by atoms with Gasteiger partial charge in [0.15, 0.2) is 5.76 Å². The van der Waals surface area contributed by atoms with E-state index in [4.69, 9.17) is 21.1 Å². The fourth-order valence-electron chi connectivity index (χ4n) is 2.55. The van der Waals surface area contributed by atoms with Crippen LogP contribution in [0.5, 0.6) is 0 Å². The van der Waals surface area contributed by atoms with Crippen LogP contribution in [0.1, 0.15) is 17.0 Å². The molecule has 1 N–H and O–H groups in total. The maximum absolute atomic E-state index is 12.6. The van der Waals surface area contributed by atoms with E-state index in [0.717, 1.165) is 11.1 Å². The van der Waals surface area contributed by atoms with Gasteiger partial charge in [0.1, 0.15) is 5.58 Å². The van der Waals surface area contributed by atoms with Crippen molar-refractivity contribution in [2.75, 3.05) is 18.1 Å². The van der Waals surface area contributed by atoms with Crippen molar-refractivity contribution in [2.45, 2.75) is 12.5 Å². The summed E-state index contributed by atoms with van der Waals surface area (Å²) in [5.41, 5.74) is 0.592. The number of nitrogens with zero attached hydrogens (tertiary/aromatic N) is 1. The zero-order chi connectivity index (χ0) is 15.7. The summed E-state index contributed by atoms with van der Waals surface area (Å²) in [4.78, 5) is 25.2. The SMILES string of the molecule is O=C(O)CC1CSCCN1C(=O)c1cc2cc(Cl)ccc2o1. The molecule has 2 aromatic rings. The average molecular weight is 340 g/mol. The summed E-state index contributed by atoms with van der Waals surface area (Å²) in [7, 11) is 0. The Morgan fingerprint density at radius 1 is 1.41 bits per heavy atom. The fraction of sp³-hybridized carbons (Fsp3) is 0.333. The topological polar surface area (TPSA) is 70.8 Å². The van der Waals surface area contributed by atoms with Crippen LogP contribution >= 0.6 is 23.4 Å². The first kappa shape index (κ1) is 15.2. The lowest BCUT2D eigenvalue weighted by Gasteiger charge is -2.33. The second-order valence-corrected chi connectivity index (χ2v) is 6.70. The van der Waals surface area contributed by atoms with E-state index in [0.29, 0.717) is 22.9 Å². The third-order valence-corrected chi connectivity index (χ3v) is 4.91. The highest BCUT2D eigenvalue weighted by Gasteiger charge is 2.31. The number of benzene rings is 1. The Kier molecular flexibility index (Phi) is 4.31. The molecule has 1 aromatic carbocycles. The molecule has 1 saturated heterocycles. The molecule has 1 aliphatic heterocycles. The summed E-state index contributed by atoms with van der Waals surface area (Å²) in [6.45, 7) is 0.527. The normalized spacial score (nSPS) is 18.6. The average Bonchev–Trinajstić information content (AvgIpc) is 2.89. The zero-order valence-corrected chi connectivity index (χ0v) is 13.2. The molecular weight excluding hydrogens is 326 g/mol. The van der Waals surface area contributed by atoms with Gasteiger partial charge in [-0.3, -0.25) is 9.59 Å². The minimum atomic E-state index is -0.901. The minimum absolute atomic E-state index is 0.0508. The molecule has 1 aromatic heterocycles. The van der Waals surface area contributed by atoms with Crippen LogP contribution in [0.2, 0.25) is 5.02 Å². The zero-order valence-electron chi connectivity index (χ0n) is 11.6. The monoisotopic (exact) mass is 339 g/mol. The molecule has 1 amide bonds. The number of halogens is 1. The number of hydrogen-bond acceptors (Lipinski definition) is 4. The summed E-state index contributed by atoms with van der Waals surface area (Å²) in [6, 6.07) is 6.50. The van der Waals surface area contributed by atoms with Gasteiger partial charge in [-0.25, -0.2) is 0 Å². The van der Waals surface area contributed by atoms with Crippen molar-refractivity contribution >= 4 is 46.2 Å². The lowest BCUT2D eigenvalue weighted by Crippen LogP contribution is -2.47. The van der Waals surface area contributed by atoms with Crippen LogP contribution in [0.25, 0.3) is 11.0 Å². The number of carbonyl (C=O) groups is 2. The number of amides is 1. The van der Waals surface area contributed by atoms with Gasteiger partial charge in [-0.1, -0.05) is 11.6 Å². The van der Waals surface area contributed by atoms with E-state index in [1.165, 1.54) is 0 Å². The Labute approximate surface area is 136 Å². The van der Waals surface area contributed by atoms with E-state index in [1.54, 1.807) is 40.9 Å². The van der Waals surface area contributed by atoms with E-state index in [9.17, 15) is 9.59 Å². The predicted molar refractivity (Wildman–Crippen MR) is 85.6 cm³/mol. The summed E-state index contributed by atoms with van der Waals surface area (Å²) in [5.74, 6) is 0.484. The molecule has 0 spiro atoms. The lowest BCUT2D eigenvalue weighted by molar-refractivity contribution is -0.138. The van der Waals surface area contributed by atoms with Crippen molar-refractivity contribution in [1.82, 2.24) is 4.90 Å². The number of carboxylic acids is 1. The van der Waals surface area contributed by atoms with Crippen LogP contribution < -0.4 is 0 Å². The van der Waals surface area contributed by atoms with Gasteiger partial charge in [-0.05, 0) is 24.3 Å². The van der Waals surface area contributed by atoms with Gasteiger partial charge in [0.25, 0.3) is 5.91 Å². The molecule has 2 heterocycles. The number of hydrogen-bond donors (Lipinski definition) is 1. The van der Waals surface area contributed by atoms with Crippen LogP contribution in [0.15, 0.2) is 28.7 Å². The third-order valence-electron chi connectivity index (χ3n) is 3.59. The Balaban J connectivity index is 1.87. The van der Waals surface area contributed by atoms with Crippen molar-refractivity contribution in [1.29, 1.82) is 0 Å². The number of carboxylic acid groups (broad SMARTS) is 1. The summed E-state index contributed by atoms with van der Waals surface area (Å²) < 4.78 is 5.59. The first-order chi connectivity index (χ1) is 10.5. The summed E-state index contributed by atoms with van der Waals surface area (Å²) >= 11 is 7.59. The highest BCUT2D eigenvalue weighted by molar-refractivity contribution is 7.99. The van der Waals surface area contributed by atoms with E-state index < -0.39 is 5.97 Å². The van der Waals surface area contributed by atoms with Gasteiger partial charge >= 0.3 is 5.97 Å². The molecule has 0 aliphatic carbocycles. The predicted octanol–water partition coefficient (Wildman–Crippen LogP) is 3.12. The first-order valence-corrected chi connectivity index (χ1v) is 8.37. The first-order valence-electron chi connectivity index (χ1n) is 6.84. The van der Waals surface area contributed by atoms with Gasteiger partial charge in [0.2, 0.25) is 0 Å². The number of fused-ring (bicyclic) bond motifs is 1. The minimum Gasteiger partial charge on any atom is -0.481 e. The Hall–Kier alpha value is -1.66. The lowest BCUT2D eigenvalue weighted by atomic mass is 10.1. The quantitative estimate of drug-likeness (QED) is 0.930. The largest absolute Gasteiger partial charge is 0.481 e. The van der Waals surface area contributed by atoms with E-state index >= 15 is 0 Å². The molecule has 0 bridgehead atoms. The smallest absolute Gasteiger partial charge is 0.305 e. The molecule has 0 saturated carbocycles. The van der Waals surface area contributed by atoms with Gasteiger partial charge in [0, 0.05) is 28.5 Å². The molecule has 0 radical (unpaired) electrons. The van der Waals surface area contributed by atoms with Crippen molar-refractivity contribution < 1.29 is 19.1 Å². The second-order valence-electron chi connectivity index (χ2n) is 5.12. The Morgan fingerprint density at radius 2 is 2.23 bits per heavy atom. The molecule has 116 valence electrons. The van der Waals surface area contributed by atoms with Crippen molar-refractivity contribution in [3.05, 3.63) is 35.0 Å². The van der Waals surface area contributed by atoms with Crippen molar-refractivity contribution in [2.24, 2.45) is 0 Å².